The number of ether oxygens (including phenoxy) is 1. The number of fused-ring (bicyclic) bond motifs is 1. The maximum atomic E-state index is 14.9. The highest BCUT2D eigenvalue weighted by Crippen LogP contribution is 2.35. The van der Waals surface area contributed by atoms with Gasteiger partial charge in [-0.3, -0.25) is 4.79 Å². The molecule has 0 saturated carbocycles. The molecular weight excluding hydrogens is 459 g/mol. The Morgan fingerprint density at radius 2 is 1.79 bits per heavy atom. The number of aromatic nitrogens is 2. The van der Waals surface area contributed by atoms with Crippen LogP contribution in [0, 0.1) is 5.82 Å². The second kappa shape index (κ2) is 9.31. The van der Waals surface area contributed by atoms with E-state index < -0.39 is 5.82 Å². The molecular formula is C24H28ClFN6O2. The van der Waals surface area contributed by atoms with Crippen molar-refractivity contribution in [2.75, 3.05) is 76.3 Å². The highest BCUT2D eigenvalue weighted by atomic mass is 35.5. The second-order valence-electron chi connectivity index (χ2n) is 8.76. The van der Waals surface area contributed by atoms with Gasteiger partial charge in [0.25, 0.3) is 5.91 Å². The number of hydrogen-bond acceptors (Lipinski definition) is 6. The molecule has 2 fully saturated rings. The largest absolute Gasteiger partial charge is 0.493 e. The number of hydrogen-bond donors (Lipinski definition) is 1. The molecule has 2 saturated heterocycles. The molecule has 10 heteroatoms. The van der Waals surface area contributed by atoms with Crippen LogP contribution in [0.1, 0.15) is 10.5 Å². The van der Waals surface area contributed by atoms with E-state index in [2.05, 4.69) is 31.7 Å². The van der Waals surface area contributed by atoms with Crippen molar-refractivity contribution in [1.29, 1.82) is 0 Å². The first-order valence-corrected chi connectivity index (χ1v) is 11.8. The molecule has 0 radical (unpaired) electrons. The highest BCUT2D eigenvalue weighted by Gasteiger charge is 2.27. The van der Waals surface area contributed by atoms with E-state index in [0.717, 1.165) is 37.7 Å². The summed E-state index contributed by atoms with van der Waals surface area (Å²) in [5.74, 6) is 0.808. The van der Waals surface area contributed by atoms with E-state index in [9.17, 15) is 9.18 Å². The van der Waals surface area contributed by atoms with Crippen LogP contribution < -0.4 is 14.5 Å². The van der Waals surface area contributed by atoms with Crippen molar-refractivity contribution in [3.05, 3.63) is 47.0 Å². The van der Waals surface area contributed by atoms with Crippen LogP contribution in [0.5, 0.6) is 5.75 Å². The number of piperazine rings is 2. The fraction of sp³-hybridized carbons (Fsp3) is 0.417. The van der Waals surface area contributed by atoms with Gasteiger partial charge in [0.05, 0.1) is 17.6 Å². The quantitative estimate of drug-likeness (QED) is 0.611. The maximum Gasteiger partial charge on any atom is 0.270 e. The van der Waals surface area contributed by atoms with Gasteiger partial charge in [-0.15, -0.1) is 0 Å². The standard InChI is InChI=1S/C24H28ClFN6O2/c1-29-6-8-30(9-7-29)19-15-17(25)21(26)22-16(19)14-18(28-22)24(33)32-12-10-31(11-13-32)23-20(34-2)4-3-5-27-23/h3-5,14-15,28H,6-13H2,1-2H3. The lowest BCUT2D eigenvalue weighted by atomic mass is 10.1. The van der Waals surface area contributed by atoms with E-state index in [1.807, 2.05) is 12.1 Å². The minimum absolute atomic E-state index is 0.0557. The summed E-state index contributed by atoms with van der Waals surface area (Å²) in [7, 11) is 3.71. The number of pyridine rings is 1. The Bertz CT molecular complexity index is 1200. The molecule has 2 aliphatic heterocycles. The first kappa shape index (κ1) is 22.7. The number of amides is 1. The Morgan fingerprint density at radius 3 is 2.50 bits per heavy atom. The summed E-state index contributed by atoms with van der Waals surface area (Å²) in [6.07, 6.45) is 1.73. The van der Waals surface area contributed by atoms with Crippen LogP contribution in [0.25, 0.3) is 10.9 Å². The van der Waals surface area contributed by atoms with Gasteiger partial charge in [-0.1, -0.05) is 11.6 Å². The molecule has 2 aromatic heterocycles. The lowest BCUT2D eigenvalue weighted by Gasteiger charge is -2.35. The van der Waals surface area contributed by atoms with Crippen LogP contribution in [-0.4, -0.2) is 92.2 Å². The molecule has 0 unspecified atom stereocenters. The van der Waals surface area contributed by atoms with Crippen LogP contribution in [0.2, 0.25) is 5.02 Å². The van der Waals surface area contributed by atoms with Gasteiger partial charge in [-0.2, -0.15) is 0 Å². The van der Waals surface area contributed by atoms with Crippen molar-refractivity contribution in [3.63, 3.8) is 0 Å². The zero-order chi connectivity index (χ0) is 23.8. The van der Waals surface area contributed by atoms with Gasteiger partial charge in [-0.05, 0) is 31.3 Å². The summed E-state index contributed by atoms with van der Waals surface area (Å²) in [5.41, 5.74) is 1.51. The average Bonchev–Trinajstić information content (AvgIpc) is 3.32. The predicted molar refractivity (Wildman–Crippen MR) is 132 cm³/mol. The van der Waals surface area contributed by atoms with Crippen LogP contribution in [0.15, 0.2) is 30.5 Å². The first-order chi connectivity index (χ1) is 16.5. The molecule has 3 aromatic rings. The number of aromatic amines is 1. The zero-order valence-corrected chi connectivity index (χ0v) is 20.1. The lowest BCUT2D eigenvalue weighted by molar-refractivity contribution is 0.0741. The summed E-state index contributed by atoms with van der Waals surface area (Å²) >= 11 is 6.23. The van der Waals surface area contributed by atoms with Crippen molar-refractivity contribution < 1.29 is 13.9 Å². The van der Waals surface area contributed by atoms with Crippen molar-refractivity contribution in [1.82, 2.24) is 19.8 Å². The Kier molecular flexibility index (Phi) is 6.22. The maximum absolute atomic E-state index is 14.9. The second-order valence-corrected chi connectivity index (χ2v) is 9.17. The fourth-order valence-electron chi connectivity index (χ4n) is 4.71. The molecule has 1 aromatic carbocycles. The third-order valence-electron chi connectivity index (χ3n) is 6.70. The van der Waals surface area contributed by atoms with E-state index >= 15 is 0 Å². The van der Waals surface area contributed by atoms with Gasteiger partial charge >= 0.3 is 0 Å². The van der Waals surface area contributed by atoms with Gasteiger partial charge in [0.1, 0.15) is 5.69 Å². The first-order valence-electron chi connectivity index (χ1n) is 11.4. The molecule has 0 atom stereocenters. The van der Waals surface area contributed by atoms with Crippen LogP contribution in [0.3, 0.4) is 0 Å². The Hall–Kier alpha value is -3.04. The molecule has 0 aliphatic carbocycles. The molecule has 2 aliphatic rings. The molecule has 0 bridgehead atoms. The van der Waals surface area contributed by atoms with Crippen molar-refractivity contribution in [2.24, 2.45) is 0 Å². The van der Waals surface area contributed by atoms with Crippen LogP contribution in [0.4, 0.5) is 15.9 Å². The number of nitrogens with one attached hydrogen (secondary N) is 1. The Labute approximate surface area is 202 Å². The van der Waals surface area contributed by atoms with E-state index in [0.29, 0.717) is 43.0 Å². The number of likely N-dealkylation sites (N-methyl/N-ethyl adjacent to an activating group) is 1. The molecule has 8 nitrogen and oxygen atoms in total. The monoisotopic (exact) mass is 486 g/mol. The predicted octanol–water partition coefficient (Wildman–Crippen LogP) is 3.08. The number of benzene rings is 1. The van der Waals surface area contributed by atoms with E-state index in [-0.39, 0.29) is 16.4 Å². The van der Waals surface area contributed by atoms with E-state index in [1.54, 1.807) is 30.3 Å². The third-order valence-corrected chi connectivity index (χ3v) is 6.97. The van der Waals surface area contributed by atoms with Gasteiger partial charge in [0.2, 0.25) is 0 Å². The summed E-state index contributed by atoms with van der Waals surface area (Å²) in [5, 5.41) is 0.742. The molecule has 1 amide bonds. The fourth-order valence-corrected chi connectivity index (χ4v) is 4.90. The van der Waals surface area contributed by atoms with Gasteiger partial charge in [0.15, 0.2) is 17.4 Å². The minimum Gasteiger partial charge on any atom is -0.493 e. The molecule has 1 N–H and O–H groups in total. The number of carbonyl (C=O) groups is 1. The zero-order valence-electron chi connectivity index (χ0n) is 19.4. The van der Waals surface area contributed by atoms with E-state index in [4.69, 9.17) is 16.3 Å². The summed E-state index contributed by atoms with van der Waals surface area (Å²) < 4.78 is 20.3. The normalized spacial score (nSPS) is 17.5. The van der Waals surface area contributed by atoms with Crippen molar-refractivity contribution in [2.45, 2.75) is 0 Å². The molecule has 180 valence electrons. The SMILES string of the molecule is COc1cccnc1N1CCN(C(=O)c2cc3c(N4CCN(C)CC4)cc(Cl)c(F)c3[nH]2)CC1. The third kappa shape index (κ3) is 4.14. The molecule has 0 spiro atoms. The number of H-pyrrole nitrogens is 1. The number of methoxy groups -OCH3 is 1. The minimum atomic E-state index is -0.527. The average molecular weight is 487 g/mol. The van der Waals surface area contributed by atoms with Gasteiger partial charge in [-0.25, -0.2) is 9.37 Å². The Balaban J connectivity index is 1.37. The number of rotatable bonds is 4. The number of carbonyl (C=O) groups excluding carboxylic acids is 1. The molecule has 5 rings (SSSR count). The number of nitrogens with zero attached hydrogens (tertiary/aromatic N) is 5. The van der Waals surface area contributed by atoms with Gasteiger partial charge < -0.3 is 29.3 Å². The van der Waals surface area contributed by atoms with Crippen LogP contribution >= 0.6 is 11.6 Å². The van der Waals surface area contributed by atoms with Crippen molar-refractivity contribution >= 4 is 39.9 Å². The topological polar surface area (TPSA) is 67.9 Å². The Morgan fingerprint density at radius 1 is 1.09 bits per heavy atom. The smallest absolute Gasteiger partial charge is 0.270 e. The lowest BCUT2D eigenvalue weighted by Crippen LogP contribution is -2.49. The summed E-state index contributed by atoms with van der Waals surface area (Å²) in [6, 6.07) is 7.15. The number of halogens is 2. The van der Waals surface area contributed by atoms with Gasteiger partial charge in [0, 0.05) is 69.6 Å². The highest BCUT2D eigenvalue weighted by molar-refractivity contribution is 6.32. The van der Waals surface area contributed by atoms with E-state index in [1.165, 1.54) is 0 Å². The number of anilines is 2. The summed E-state index contributed by atoms with van der Waals surface area (Å²) in [6.45, 7) is 5.79. The van der Waals surface area contributed by atoms with Crippen LogP contribution in [-0.2, 0) is 0 Å². The summed E-state index contributed by atoms with van der Waals surface area (Å²) in [4.78, 5) is 29.1. The molecule has 4 heterocycles. The molecule has 34 heavy (non-hydrogen) atoms. The van der Waals surface area contributed by atoms with Crippen molar-refractivity contribution in [3.8, 4) is 5.75 Å².